The first-order chi connectivity index (χ1) is 8.74. The van der Waals surface area contributed by atoms with Gasteiger partial charge < -0.3 is 4.74 Å². The lowest BCUT2D eigenvalue weighted by Gasteiger charge is -2.04. The molecule has 1 heterocycles. The molecule has 0 saturated carbocycles. The molecule has 0 aromatic heterocycles. The van der Waals surface area contributed by atoms with E-state index in [1.807, 2.05) is 13.0 Å². The second-order valence-corrected chi connectivity index (χ2v) is 4.83. The quantitative estimate of drug-likeness (QED) is 0.904. The van der Waals surface area contributed by atoms with Gasteiger partial charge in [-0.1, -0.05) is 30.8 Å². The van der Waals surface area contributed by atoms with Crippen LogP contribution < -0.4 is 15.6 Å². The van der Waals surface area contributed by atoms with Crippen molar-refractivity contribution in [1.29, 1.82) is 0 Å². The third kappa shape index (κ3) is 2.83. The number of amidine groups is 1. The SMILES string of the molecule is CCC1N[N]C(=NC(=O)c2ccccc2OC)S1. The molecule has 5 nitrogen and oxygen atoms in total. The van der Waals surface area contributed by atoms with Crippen LogP contribution >= 0.6 is 11.8 Å². The van der Waals surface area contributed by atoms with Crippen LogP contribution in [-0.4, -0.2) is 23.6 Å². The fraction of sp³-hybridized carbons (Fsp3) is 0.333. The van der Waals surface area contributed by atoms with Gasteiger partial charge in [0.25, 0.3) is 5.91 Å². The van der Waals surface area contributed by atoms with E-state index in [4.69, 9.17) is 4.74 Å². The molecule has 1 amide bonds. The molecule has 1 unspecified atom stereocenters. The van der Waals surface area contributed by atoms with Gasteiger partial charge >= 0.3 is 0 Å². The molecule has 1 aromatic carbocycles. The summed E-state index contributed by atoms with van der Waals surface area (Å²) in [6.07, 6.45) is 0.927. The summed E-state index contributed by atoms with van der Waals surface area (Å²) in [6.45, 7) is 2.05. The lowest BCUT2D eigenvalue weighted by molar-refractivity contribution is 0.1000. The van der Waals surface area contributed by atoms with Crippen LogP contribution in [0.15, 0.2) is 29.3 Å². The highest BCUT2D eigenvalue weighted by molar-refractivity contribution is 8.14. The number of methoxy groups -OCH3 is 1. The van der Waals surface area contributed by atoms with Crippen molar-refractivity contribution < 1.29 is 9.53 Å². The van der Waals surface area contributed by atoms with Crippen molar-refractivity contribution in [1.82, 2.24) is 10.9 Å². The van der Waals surface area contributed by atoms with E-state index in [1.54, 1.807) is 18.2 Å². The molecule has 1 aliphatic rings. The van der Waals surface area contributed by atoms with E-state index < -0.39 is 0 Å². The van der Waals surface area contributed by atoms with Gasteiger partial charge in [-0.2, -0.15) is 15.8 Å². The van der Waals surface area contributed by atoms with Crippen LogP contribution in [0.25, 0.3) is 0 Å². The zero-order valence-corrected chi connectivity index (χ0v) is 11.0. The Bertz CT molecular complexity index is 476. The number of hydrogen-bond donors (Lipinski definition) is 1. The molecule has 1 aliphatic heterocycles. The van der Waals surface area contributed by atoms with Gasteiger partial charge in [-0.05, 0) is 18.6 Å². The summed E-state index contributed by atoms with van der Waals surface area (Å²) < 4.78 is 5.13. The molecule has 95 valence electrons. The molecule has 1 N–H and O–H groups in total. The summed E-state index contributed by atoms with van der Waals surface area (Å²) in [5, 5.41) is 0.673. The number of nitrogens with zero attached hydrogens (tertiary/aromatic N) is 2. The smallest absolute Gasteiger partial charge is 0.283 e. The van der Waals surface area contributed by atoms with E-state index in [2.05, 4.69) is 15.8 Å². The Labute approximate surface area is 110 Å². The van der Waals surface area contributed by atoms with Gasteiger partial charge in [-0.3, -0.25) is 4.79 Å². The van der Waals surface area contributed by atoms with Gasteiger partial charge in [0.2, 0.25) is 5.17 Å². The maximum Gasteiger partial charge on any atom is 0.283 e. The van der Waals surface area contributed by atoms with Crippen molar-refractivity contribution in [3.63, 3.8) is 0 Å². The first-order valence-corrected chi connectivity index (χ1v) is 6.51. The summed E-state index contributed by atoms with van der Waals surface area (Å²) in [5.41, 5.74) is 7.37. The van der Waals surface area contributed by atoms with Crippen molar-refractivity contribution >= 4 is 22.8 Å². The fourth-order valence-corrected chi connectivity index (χ4v) is 2.27. The summed E-state index contributed by atoms with van der Waals surface area (Å²) >= 11 is 1.46. The maximum atomic E-state index is 12.0. The molecule has 1 saturated heterocycles. The van der Waals surface area contributed by atoms with Crippen LogP contribution in [0.4, 0.5) is 0 Å². The summed E-state index contributed by atoms with van der Waals surface area (Å²) in [4.78, 5) is 16.0. The topological polar surface area (TPSA) is 64.8 Å². The molecule has 18 heavy (non-hydrogen) atoms. The third-order valence-corrected chi connectivity index (χ3v) is 3.57. The van der Waals surface area contributed by atoms with Crippen molar-refractivity contribution in [3.8, 4) is 5.75 Å². The molecule has 0 spiro atoms. The Kier molecular flexibility index (Phi) is 4.22. The second kappa shape index (κ2) is 5.88. The number of benzene rings is 1. The molecule has 6 heteroatoms. The lowest BCUT2D eigenvalue weighted by Crippen LogP contribution is -2.24. The normalized spacial score (nSPS) is 20.8. The molecule has 1 radical (unpaired) electrons. The number of hydrogen-bond acceptors (Lipinski definition) is 4. The highest BCUT2D eigenvalue weighted by Gasteiger charge is 2.22. The zero-order valence-electron chi connectivity index (χ0n) is 10.2. The largest absolute Gasteiger partial charge is 0.496 e. The van der Waals surface area contributed by atoms with Crippen LogP contribution in [0.5, 0.6) is 5.75 Å². The average molecular weight is 264 g/mol. The molecule has 0 bridgehead atoms. The van der Waals surface area contributed by atoms with Gasteiger partial charge in [0.05, 0.1) is 18.0 Å². The Hall–Kier alpha value is -1.53. The number of para-hydroxylation sites is 1. The second-order valence-electron chi connectivity index (χ2n) is 3.66. The molecular formula is C12H14N3O2S. The first kappa shape index (κ1) is 12.9. The molecule has 1 atom stereocenters. The molecule has 1 fully saturated rings. The lowest BCUT2D eigenvalue weighted by atomic mass is 10.2. The van der Waals surface area contributed by atoms with E-state index in [9.17, 15) is 4.79 Å². The van der Waals surface area contributed by atoms with E-state index in [0.717, 1.165) is 6.42 Å². The predicted octanol–water partition coefficient (Wildman–Crippen LogP) is 1.78. The average Bonchev–Trinajstić information content (AvgIpc) is 2.86. The molecule has 2 rings (SSSR count). The third-order valence-electron chi connectivity index (χ3n) is 2.46. The van der Waals surface area contributed by atoms with Gasteiger partial charge in [-0.25, -0.2) is 0 Å². The Morgan fingerprint density at radius 2 is 2.33 bits per heavy atom. The van der Waals surface area contributed by atoms with Crippen LogP contribution in [0.2, 0.25) is 0 Å². The monoisotopic (exact) mass is 264 g/mol. The van der Waals surface area contributed by atoms with Crippen LogP contribution in [0, 0.1) is 0 Å². The van der Waals surface area contributed by atoms with E-state index >= 15 is 0 Å². The van der Waals surface area contributed by atoms with Gasteiger partial charge in [-0.15, -0.1) is 0 Å². The summed E-state index contributed by atoms with van der Waals surface area (Å²) in [6, 6.07) is 7.02. The Balaban J connectivity index is 2.15. The standard InChI is InChI=1S/C12H14N3O2S/c1-3-10-14-15-12(18-10)13-11(16)8-6-4-5-7-9(8)17-2/h4-7,10,14H,3H2,1-2H3. The predicted molar refractivity (Wildman–Crippen MR) is 71.7 cm³/mol. The number of rotatable bonds is 3. The minimum absolute atomic E-state index is 0.203. The highest BCUT2D eigenvalue weighted by atomic mass is 32.2. The molecule has 1 aromatic rings. The first-order valence-electron chi connectivity index (χ1n) is 5.63. The Morgan fingerprint density at radius 1 is 1.56 bits per heavy atom. The van der Waals surface area contributed by atoms with Crippen molar-refractivity contribution in [3.05, 3.63) is 29.8 Å². The number of amides is 1. The molecular weight excluding hydrogens is 250 g/mol. The number of aliphatic imine (C=N–C) groups is 1. The number of thioether (sulfide) groups is 1. The minimum atomic E-state index is -0.336. The van der Waals surface area contributed by atoms with Crippen LogP contribution in [0.3, 0.4) is 0 Å². The van der Waals surface area contributed by atoms with Gasteiger partial charge in [0.1, 0.15) is 5.75 Å². The maximum absolute atomic E-state index is 12.0. The summed E-state index contributed by atoms with van der Waals surface area (Å²) in [7, 11) is 1.53. The summed E-state index contributed by atoms with van der Waals surface area (Å²) in [5.74, 6) is 0.187. The van der Waals surface area contributed by atoms with Crippen LogP contribution in [0.1, 0.15) is 23.7 Å². The van der Waals surface area contributed by atoms with E-state index in [-0.39, 0.29) is 11.3 Å². The van der Waals surface area contributed by atoms with Crippen molar-refractivity contribution in [2.75, 3.05) is 7.11 Å². The number of carbonyl (C=O) groups excluding carboxylic acids is 1. The number of nitrogens with one attached hydrogen (secondary N) is 1. The highest BCUT2D eigenvalue weighted by Crippen LogP contribution is 2.21. The van der Waals surface area contributed by atoms with Gasteiger partial charge in [0.15, 0.2) is 0 Å². The fourth-order valence-electron chi connectivity index (χ4n) is 1.50. The number of carbonyl (C=O) groups is 1. The minimum Gasteiger partial charge on any atom is -0.496 e. The van der Waals surface area contributed by atoms with Crippen molar-refractivity contribution in [2.45, 2.75) is 18.7 Å². The van der Waals surface area contributed by atoms with Gasteiger partial charge in [0, 0.05) is 0 Å². The van der Waals surface area contributed by atoms with Crippen LogP contribution in [-0.2, 0) is 0 Å². The zero-order chi connectivity index (χ0) is 13.0. The van der Waals surface area contributed by atoms with E-state index in [1.165, 1.54) is 18.9 Å². The van der Waals surface area contributed by atoms with E-state index in [0.29, 0.717) is 16.5 Å². The Morgan fingerprint density at radius 3 is 3.00 bits per heavy atom. The van der Waals surface area contributed by atoms with Crippen molar-refractivity contribution in [2.24, 2.45) is 4.99 Å². The number of ether oxygens (including phenoxy) is 1. The molecule has 0 aliphatic carbocycles.